The van der Waals surface area contributed by atoms with Crippen molar-refractivity contribution >= 4 is 19.5 Å². The van der Waals surface area contributed by atoms with Crippen molar-refractivity contribution in [3.63, 3.8) is 0 Å². The van der Waals surface area contributed by atoms with Crippen molar-refractivity contribution in [1.82, 2.24) is 0 Å². The van der Waals surface area contributed by atoms with Gasteiger partial charge in [-0.2, -0.15) is 0 Å². The van der Waals surface area contributed by atoms with Crippen LogP contribution in [0.5, 0.6) is 0 Å². The van der Waals surface area contributed by atoms with Gasteiger partial charge in [0.1, 0.15) is 12.7 Å². The summed E-state index contributed by atoms with van der Waals surface area (Å²) in [5, 5.41) is 0. The molecule has 0 saturated heterocycles. The Morgan fingerprint density at radius 3 is 1.62 bits per heavy atom. The Morgan fingerprint density at radius 1 is 0.719 bits per heavy atom. The molecule has 0 rings (SSSR count). The third-order valence-corrected chi connectivity index (χ3v) is 6.28. The van der Waals surface area contributed by atoms with Crippen molar-refractivity contribution in [2.45, 2.75) is 129 Å². The molecule has 0 fully saturated rings. The van der Waals surface area contributed by atoms with Crippen molar-refractivity contribution in [1.29, 1.82) is 0 Å². The fourth-order valence-corrected chi connectivity index (χ4v) is 4.07. The highest BCUT2D eigenvalue weighted by atomic mass is 31.2. The van der Waals surface area contributed by atoms with Gasteiger partial charge in [0.15, 0.2) is 0 Å². The molecule has 0 aliphatic heterocycles. The second-order valence-electron chi connectivity index (χ2n) is 8.71. The van der Waals surface area contributed by atoms with E-state index in [9.17, 15) is 14.2 Å². The maximum atomic E-state index is 12.1. The van der Waals surface area contributed by atoms with E-state index in [0.717, 1.165) is 38.5 Å². The molecular weight excluding hydrogens is 431 g/mol. The van der Waals surface area contributed by atoms with Crippen LogP contribution in [0.3, 0.4) is 0 Å². The van der Waals surface area contributed by atoms with Crippen LogP contribution in [0.25, 0.3) is 0 Å². The molecule has 190 valence electrons. The average molecular weight is 479 g/mol. The highest BCUT2D eigenvalue weighted by Gasteiger charge is 2.22. The number of rotatable bonds is 22. The van der Waals surface area contributed by atoms with Crippen molar-refractivity contribution in [3.05, 3.63) is 0 Å². The highest BCUT2D eigenvalue weighted by molar-refractivity contribution is 7.51. The molecule has 0 aromatic carbocycles. The van der Waals surface area contributed by atoms with Crippen LogP contribution in [0.4, 0.5) is 0 Å². The van der Waals surface area contributed by atoms with Gasteiger partial charge in [-0.25, -0.2) is 0 Å². The molecule has 1 unspecified atom stereocenters. The first-order chi connectivity index (χ1) is 15.3. The van der Waals surface area contributed by atoms with Gasteiger partial charge in [-0.15, -0.1) is 0 Å². The van der Waals surface area contributed by atoms with Gasteiger partial charge in [0.05, 0.1) is 6.16 Å². The molecule has 2 N–H and O–H groups in total. The molecular formula is C24H47O7P. The first kappa shape index (κ1) is 31.1. The SMILES string of the molecule is CCCCCCCCCC(=O)OCC(CCP(=O)(O)O)OC(=O)CCCCCCCCC. The van der Waals surface area contributed by atoms with Crippen molar-refractivity contribution in [2.24, 2.45) is 0 Å². The number of ether oxygens (including phenoxy) is 2. The standard InChI is InChI=1S/C24H47O7P/c1-3-5-7-9-11-13-15-17-23(25)30-21-22(19-20-32(27,28)29)31-24(26)18-16-14-12-10-8-6-4-2/h22H,3-21H2,1-2H3,(H2,27,28,29). The number of esters is 2. The fraction of sp³-hybridized carbons (Fsp3) is 0.917. The van der Waals surface area contributed by atoms with Gasteiger partial charge in [0.25, 0.3) is 0 Å². The quantitative estimate of drug-likeness (QED) is 0.107. The topological polar surface area (TPSA) is 110 Å². The lowest BCUT2D eigenvalue weighted by Crippen LogP contribution is -2.26. The summed E-state index contributed by atoms with van der Waals surface area (Å²) < 4.78 is 21.8. The molecule has 0 aliphatic rings. The monoisotopic (exact) mass is 478 g/mol. The van der Waals surface area contributed by atoms with Gasteiger partial charge in [-0.3, -0.25) is 14.2 Å². The third-order valence-electron chi connectivity index (χ3n) is 5.44. The zero-order valence-corrected chi connectivity index (χ0v) is 21.3. The van der Waals surface area contributed by atoms with Crippen molar-refractivity contribution in [3.8, 4) is 0 Å². The van der Waals surface area contributed by atoms with Crippen LogP contribution in [0.2, 0.25) is 0 Å². The second kappa shape index (κ2) is 20.7. The van der Waals surface area contributed by atoms with Gasteiger partial charge in [-0.1, -0.05) is 90.9 Å². The smallest absolute Gasteiger partial charge is 0.325 e. The number of hydrogen-bond acceptors (Lipinski definition) is 5. The minimum absolute atomic E-state index is 0.0300. The predicted octanol–water partition coefficient (Wildman–Crippen LogP) is 6.29. The van der Waals surface area contributed by atoms with Crippen LogP contribution in [-0.4, -0.2) is 40.6 Å². The summed E-state index contributed by atoms with van der Waals surface area (Å²) in [5.41, 5.74) is 0. The summed E-state index contributed by atoms with van der Waals surface area (Å²) in [6, 6.07) is 0. The lowest BCUT2D eigenvalue weighted by atomic mass is 10.1. The molecule has 0 aromatic heterocycles. The zero-order chi connectivity index (χ0) is 24.1. The van der Waals surface area contributed by atoms with Gasteiger partial charge in [0.2, 0.25) is 0 Å². The van der Waals surface area contributed by atoms with Crippen molar-refractivity contribution in [2.75, 3.05) is 12.8 Å². The van der Waals surface area contributed by atoms with E-state index in [1.54, 1.807) is 0 Å². The maximum Gasteiger partial charge on any atom is 0.325 e. The molecule has 8 heteroatoms. The fourth-order valence-electron chi connectivity index (χ4n) is 3.44. The summed E-state index contributed by atoms with van der Waals surface area (Å²) in [7, 11) is -4.22. The Bertz CT molecular complexity index is 518. The molecule has 7 nitrogen and oxygen atoms in total. The largest absolute Gasteiger partial charge is 0.462 e. The second-order valence-corrected chi connectivity index (χ2v) is 10.5. The molecule has 0 radical (unpaired) electrons. The summed E-state index contributed by atoms with van der Waals surface area (Å²) in [4.78, 5) is 42.3. The Hall–Kier alpha value is -0.910. The summed E-state index contributed by atoms with van der Waals surface area (Å²) in [6.07, 6.45) is 14.6. The number of hydrogen-bond donors (Lipinski definition) is 2. The first-order valence-corrected chi connectivity index (χ1v) is 14.5. The van der Waals surface area contributed by atoms with Gasteiger partial charge >= 0.3 is 19.5 Å². The summed E-state index contributed by atoms with van der Waals surface area (Å²) in [5.74, 6) is -0.764. The minimum atomic E-state index is -4.22. The van der Waals surface area contributed by atoms with Crippen LogP contribution >= 0.6 is 7.60 Å². The van der Waals surface area contributed by atoms with E-state index >= 15 is 0 Å². The highest BCUT2D eigenvalue weighted by Crippen LogP contribution is 2.35. The van der Waals surface area contributed by atoms with Crippen LogP contribution in [-0.2, 0) is 23.6 Å². The van der Waals surface area contributed by atoms with Crippen LogP contribution in [0.15, 0.2) is 0 Å². The molecule has 0 heterocycles. The molecule has 0 aromatic rings. The van der Waals surface area contributed by atoms with E-state index in [1.807, 2.05) is 0 Å². The minimum Gasteiger partial charge on any atom is -0.462 e. The van der Waals surface area contributed by atoms with Gasteiger partial charge in [-0.05, 0) is 19.3 Å². The zero-order valence-electron chi connectivity index (χ0n) is 20.4. The average Bonchev–Trinajstić information content (AvgIpc) is 2.73. The molecule has 0 bridgehead atoms. The molecule has 0 aliphatic carbocycles. The summed E-state index contributed by atoms with van der Waals surface area (Å²) >= 11 is 0. The van der Waals surface area contributed by atoms with Gasteiger partial charge < -0.3 is 19.3 Å². The Labute approximate surface area is 195 Å². The van der Waals surface area contributed by atoms with E-state index in [2.05, 4.69) is 13.8 Å². The molecule has 32 heavy (non-hydrogen) atoms. The summed E-state index contributed by atoms with van der Waals surface area (Å²) in [6.45, 7) is 4.19. The Balaban J connectivity index is 4.17. The number of carbonyl (C=O) groups excluding carboxylic acids is 2. The normalized spacial score (nSPS) is 12.5. The number of carbonyl (C=O) groups is 2. The third kappa shape index (κ3) is 22.3. The van der Waals surface area contributed by atoms with E-state index in [1.165, 1.54) is 51.4 Å². The van der Waals surface area contributed by atoms with Crippen LogP contribution in [0, 0.1) is 0 Å². The Kier molecular flexibility index (Phi) is 20.1. The molecule has 0 spiro atoms. The van der Waals surface area contributed by atoms with Crippen LogP contribution < -0.4 is 0 Å². The first-order valence-electron chi connectivity index (χ1n) is 12.7. The van der Waals surface area contributed by atoms with E-state index in [-0.39, 0.29) is 25.4 Å². The molecule has 1 atom stereocenters. The maximum absolute atomic E-state index is 12.1. The van der Waals surface area contributed by atoms with E-state index < -0.39 is 25.8 Å². The molecule has 0 saturated carbocycles. The lowest BCUT2D eigenvalue weighted by Gasteiger charge is -2.18. The van der Waals surface area contributed by atoms with Crippen LogP contribution in [0.1, 0.15) is 123 Å². The lowest BCUT2D eigenvalue weighted by molar-refractivity contribution is -0.159. The molecule has 0 amide bonds. The Morgan fingerprint density at radius 2 is 1.16 bits per heavy atom. The predicted molar refractivity (Wildman–Crippen MR) is 128 cm³/mol. The van der Waals surface area contributed by atoms with Crippen molar-refractivity contribution < 1.29 is 33.4 Å². The van der Waals surface area contributed by atoms with E-state index in [0.29, 0.717) is 6.42 Å². The number of unbranched alkanes of at least 4 members (excludes halogenated alkanes) is 12. The van der Waals surface area contributed by atoms with Gasteiger partial charge in [0, 0.05) is 12.8 Å². The van der Waals surface area contributed by atoms with E-state index in [4.69, 9.17) is 19.3 Å².